The number of rotatable bonds is 7. The van der Waals surface area contributed by atoms with Gasteiger partial charge >= 0.3 is 5.97 Å². The van der Waals surface area contributed by atoms with E-state index in [2.05, 4.69) is 0 Å². The summed E-state index contributed by atoms with van der Waals surface area (Å²) < 4.78 is 23.4. The largest absolute Gasteiger partial charge is 0.497 e. The Labute approximate surface area is 111 Å². The van der Waals surface area contributed by atoms with E-state index >= 15 is 0 Å². The summed E-state index contributed by atoms with van der Waals surface area (Å²) in [5.74, 6) is 0.386. The number of esters is 1. The van der Waals surface area contributed by atoms with E-state index in [1.807, 2.05) is 0 Å². The Morgan fingerprint density at radius 2 is 2.06 bits per heavy atom. The molecular formula is C13H17FO3S. The minimum absolute atomic E-state index is 0.109. The van der Waals surface area contributed by atoms with E-state index in [0.29, 0.717) is 6.61 Å². The lowest BCUT2D eigenvalue weighted by atomic mass is 10.3. The van der Waals surface area contributed by atoms with Crippen LogP contribution in [0.2, 0.25) is 0 Å². The Hall–Kier alpha value is -1.23. The third-order valence-corrected chi connectivity index (χ3v) is 3.24. The number of hydrogen-bond acceptors (Lipinski definition) is 4. The van der Waals surface area contributed by atoms with Crippen LogP contribution < -0.4 is 4.74 Å². The summed E-state index contributed by atoms with van der Waals surface area (Å²) in [6.45, 7) is 2.07. The fourth-order valence-electron chi connectivity index (χ4n) is 1.33. The van der Waals surface area contributed by atoms with Gasteiger partial charge in [0.2, 0.25) is 0 Å². The van der Waals surface area contributed by atoms with E-state index in [0.717, 1.165) is 22.4 Å². The molecule has 18 heavy (non-hydrogen) atoms. The number of hydrogen-bond donors (Lipinski definition) is 0. The molecule has 0 spiro atoms. The monoisotopic (exact) mass is 272 g/mol. The summed E-state index contributed by atoms with van der Waals surface area (Å²) in [4.78, 5) is 11.9. The second-order valence-electron chi connectivity index (χ2n) is 3.55. The standard InChI is InChI=1S/C13H17FO3S/c1-3-17-13(15)9-8-12(14)18-11-6-4-10(16-2)5-7-11/h4-7,12H,3,8-9H2,1-2H3. The van der Waals surface area contributed by atoms with Crippen molar-refractivity contribution in [2.45, 2.75) is 30.2 Å². The first-order valence-electron chi connectivity index (χ1n) is 5.76. The van der Waals surface area contributed by atoms with Gasteiger partial charge in [0.15, 0.2) is 5.50 Å². The fraction of sp³-hybridized carbons (Fsp3) is 0.462. The lowest BCUT2D eigenvalue weighted by molar-refractivity contribution is -0.143. The molecule has 0 saturated carbocycles. The maximum absolute atomic E-state index is 13.6. The minimum Gasteiger partial charge on any atom is -0.497 e. The summed E-state index contributed by atoms with van der Waals surface area (Å²) >= 11 is 1.09. The molecule has 5 heteroatoms. The van der Waals surface area contributed by atoms with Gasteiger partial charge in [-0.3, -0.25) is 4.79 Å². The number of carbonyl (C=O) groups excluding carboxylic acids is 1. The van der Waals surface area contributed by atoms with Crippen LogP contribution >= 0.6 is 11.8 Å². The zero-order valence-corrected chi connectivity index (χ0v) is 11.3. The zero-order chi connectivity index (χ0) is 13.4. The van der Waals surface area contributed by atoms with Crippen LogP contribution in [-0.2, 0) is 9.53 Å². The Balaban J connectivity index is 2.34. The van der Waals surface area contributed by atoms with Crippen molar-refractivity contribution in [3.8, 4) is 5.75 Å². The zero-order valence-electron chi connectivity index (χ0n) is 10.5. The summed E-state index contributed by atoms with van der Waals surface area (Å²) in [7, 11) is 1.58. The van der Waals surface area contributed by atoms with E-state index < -0.39 is 5.50 Å². The van der Waals surface area contributed by atoms with E-state index in [4.69, 9.17) is 9.47 Å². The third kappa shape index (κ3) is 5.40. The van der Waals surface area contributed by atoms with Gasteiger partial charge in [-0.15, -0.1) is 0 Å². The molecule has 0 radical (unpaired) electrons. The number of thioether (sulfide) groups is 1. The molecule has 1 unspecified atom stereocenters. The molecule has 0 bridgehead atoms. The molecule has 0 heterocycles. The molecule has 0 aliphatic rings. The lowest BCUT2D eigenvalue weighted by Crippen LogP contribution is -2.06. The molecule has 3 nitrogen and oxygen atoms in total. The number of ether oxygens (including phenoxy) is 2. The van der Waals surface area contributed by atoms with E-state index in [1.165, 1.54) is 0 Å². The molecule has 0 aliphatic heterocycles. The molecule has 1 rings (SSSR count). The fourth-order valence-corrected chi connectivity index (χ4v) is 2.15. The highest BCUT2D eigenvalue weighted by atomic mass is 32.2. The average molecular weight is 272 g/mol. The highest BCUT2D eigenvalue weighted by molar-refractivity contribution is 7.99. The minimum atomic E-state index is -1.11. The molecule has 0 aliphatic carbocycles. The van der Waals surface area contributed by atoms with Crippen LogP contribution in [0, 0.1) is 0 Å². The number of carbonyl (C=O) groups is 1. The van der Waals surface area contributed by atoms with Gasteiger partial charge in [0.1, 0.15) is 5.75 Å². The van der Waals surface area contributed by atoms with Crippen LogP contribution in [0.3, 0.4) is 0 Å². The first-order chi connectivity index (χ1) is 8.65. The maximum atomic E-state index is 13.6. The normalized spacial score (nSPS) is 11.9. The van der Waals surface area contributed by atoms with Gasteiger partial charge in [-0.1, -0.05) is 11.8 Å². The van der Waals surface area contributed by atoms with Gasteiger partial charge in [-0.25, -0.2) is 4.39 Å². The topological polar surface area (TPSA) is 35.5 Å². The SMILES string of the molecule is CCOC(=O)CCC(F)Sc1ccc(OC)cc1. The number of alkyl halides is 1. The molecule has 0 aromatic heterocycles. The Morgan fingerprint density at radius 3 is 2.61 bits per heavy atom. The quantitative estimate of drug-likeness (QED) is 0.563. The third-order valence-electron chi connectivity index (χ3n) is 2.20. The highest BCUT2D eigenvalue weighted by Gasteiger charge is 2.12. The lowest BCUT2D eigenvalue weighted by Gasteiger charge is -2.08. The Bertz CT molecular complexity index is 367. The van der Waals surface area contributed by atoms with E-state index in [1.54, 1.807) is 38.3 Å². The van der Waals surface area contributed by atoms with Crippen LogP contribution in [-0.4, -0.2) is 25.2 Å². The van der Waals surface area contributed by atoms with Crippen LogP contribution in [0.5, 0.6) is 5.75 Å². The number of halogens is 1. The molecule has 1 aromatic carbocycles. The molecule has 0 amide bonds. The van der Waals surface area contributed by atoms with Crippen molar-refractivity contribution < 1.29 is 18.7 Å². The molecule has 0 N–H and O–H groups in total. The maximum Gasteiger partial charge on any atom is 0.305 e. The van der Waals surface area contributed by atoms with Gasteiger partial charge in [0.25, 0.3) is 0 Å². The van der Waals surface area contributed by atoms with Crippen molar-refractivity contribution in [3.63, 3.8) is 0 Å². The summed E-state index contributed by atoms with van der Waals surface area (Å²) in [6, 6.07) is 7.14. The van der Waals surface area contributed by atoms with Crippen LogP contribution in [0.25, 0.3) is 0 Å². The smallest absolute Gasteiger partial charge is 0.305 e. The summed E-state index contributed by atoms with van der Waals surface area (Å²) in [5.41, 5.74) is -1.11. The van der Waals surface area contributed by atoms with E-state index in [-0.39, 0.29) is 18.8 Å². The average Bonchev–Trinajstić information content (AvgIpc) is 2.38. The van der Waals surface area contributed by atoms with Crippen molar-refractivity contribution in [1.29, 1.82) is 0 Å². The van der Waals surface area contributed by atoms with Gasteiger partial charge in [0.05, 0.1) is 13.7 Å². The molecule has 0 fully saturated rings. The van der Waals surface area contributed by atoms with Crippen molar-refractivity contribution in [2.75, 3.05) is 13.7 Å². The molecule has 100 valence electrons. The predicted molar refractivity (Wildman–Crippen MR) is 69.6 cm³/mol. The van der Waals surface area contributed by atoms with Gasteiger partial charge in [-0.05, 0) is 37.6 Å². The Kier molecular flexibility index (Phi) is 6.57. The van der Waals surface area contributed by atoms with E-state index in [9.17, 15) is 9.18 Å². The number of methoxy groups -OCH3 is 1. The first-order valence-corrected chi connectivity index (χ1v) is 6.64. The number of benzene rings is 1. The van der Waals surface area contributed by atoms with Crippen LogP contribution in [0.1, 0.15) is 19.8 Å². The molecular weight excluding hydrogens is 255 g/mol. The van der Waals surface area contributed by atoms with Crippen LogP contribution in [0.15, 0.2) is 29.2 Å². The second-order valence-corrected chi connectivity index (χ2v) is 4.77. The molecule has 1 atom stereocenters. The predicted octanol–water partition coefficient (Wildman–Crippen LogP) is 3.43. The van der Waals surface area contributed by atoms with Gasteiger partial charge in [-0.2, -0.15) is 0 Å². The van der Waals surface area contributed by atoms with Crippen molar-refractivity contribution in [3.05, 3.63) is 24.3 Å². The van der Waals surface area contributed by atoms with Gasteiger partial charge < -0.3 is 9.47 Å². The second kappa shape index (κ2) is 7.97. The summed E-state index contributed by atoms with van der Waals surface area (Å²) in [5, 5.41) is 0. The van der Waals surface area contributed by atoms with Crippen molar-refractivity contribution in [2.24, 2.45) is 0 Å². The molecule has 0 saturated heterocycles. The van der Waals surface area contributed by atoms with Crippen molar-refractivity contribution in [1.82, 2.24) is 0 Å². The summed E-state index contributed by atoms with van der Waals surface area (Å²) in [6.07, 6.45) is 0.272. The molecule has 1 aromatic rings. The highest BCUT2D eigenvalue weighted by Crippen LogP contribution is 2.28. The van der Waals surface area contributed by atoms with Crippen LogP contribution in [0.4, 0.5) is 4.39 Å². The first kappa shape index (κ1) is 14.8. The van der Waals surface area contributed by atoms with Crippen molar-refractivity contribution >= 4 is 17.7 Å². The van der Waals surface area contributed by atoms with Gasteiger partial charge in [0, 0.05) is 11.3 Å². The Morgan fingerprint density at radius 1 is 1.39 bits per heavy atom.